The van der Waals surface area contributed by atoms with Crippen molar-refractivity contribution >= 4 is 5.97 Å². The smallest absolute Gasteiger partial charge is 0.309 e. The Balaban J connectivity index is 1.42. The SMILES string of the molecule is CC1(CCCCCc2ccc(O)c(O)c2CCCCCC2(C(=O)O)CC2)CC1. The van der Waals surface area contributed by atoms with Crippen molar-refractivity contribution in [2.24, 2.45) is 10.8 Å². The lowest BCUT2D eigenvalue weighted by Crippen LogP contribution is -2.14. The van der Waals surface area contributed by atoms with Crippen molar-refractivity contribution in [2.45, 2.75) is 96.8 Å². The molecule has 3 rings (SSSR count). The van der Waals surface area contributed by atoms with E-state index in [2.05, 4.69) is 6.92 Å². The zero-order chi connectivity index (χ0) is 20.2. The monoisotopic (exact) mass is 388 g/mol. The number of carboxylic acids is 1. The predicted octanol–water partition coefficient (Wildman–Crippen LogP) is 5.97. The summed E-state index contributed by atoms with van der Waals surface area (Å²) < 4.78 is 0. The Morgan fingerprint density at radius 1 is 0.893 bits per heavy atom. The summed E-state index contributed by atoms with van der Waals surface area (Å²) in [4.78, 5) is 11.2. The number of benzene rings is 1. The standard InChI is InChI=1S/C24H36O4/c1-23(14-15-23)12-6-2-4-8-18-10-11-20(25)21(26)19(18)9-5-3-7-13-24(16-17-24)22(27)28/h10-11,25-26H,2-9,12-17H2,1H3,(H,27,28). The topological polar surface area (TPSA) is 77.8 Å². The molecular formula is C24H36O4. The summed E-state index contributed by atoms with van der Waals surface area (Å²) in [7, 11) is 0. The van der Waals surface area contributed by atoms with E-state index in [0.29, 0.717) is 5.41 Å². The van der Waals surface area contributed by atoms with Crippen LogP contribution in [0.25, 0.3) is 0 Å². The summed E-state index contributed by atoms with van der Waals surface area (Å²) in [5.41, 5.74) is 2.22. The van der Waals surface area contributed by atoms with Crippen LogP contribution in [0.2, 0.25) is 0 Å². The number of aryl methyl sites for hydroxylation is 1. The lowest BCUT2D eigenvalue weighted by molar-refractivity contribution is -0.143. The molecule has 156 valence electrons. The fraction of sp³-hybridized carbons (Fsp3) is 0.708. The van der Waals surface area contributed by atoms with Gasteiger partial charge >= 0.3 is 5.97 Å². The number of rotatable bonds is 13. The van der Waals surface area contributed by atoms with Gasteiger partial charge in [0.05, 0.1) is 5.41 Å². The van der Waals surface area contributed by atoms with E-state index in [9.17, 15) is 20.1 Å². The maximum atomic E-state index is 11.2. The van der Waals surface area contributed by atoms with Gasteiger partial charge in [0.2, 0.25) is 0 Å². The zero-order valence-electron chi connectivity index (χ0n) is 17.3. The van der Waals surface area contributed by atoms with E-state index < -0.39 is 11.4 Å². The Hall–Kier alpha value is -1.71. The highest BCUT2D eigenvalue weighted by atomic mass is 16.4. The largest absolute Gasteiger partial charge is 0.504 e. The van der Waals surface area contributed by atoms with Gasteiger partial charge in [-0.25, -0.2) is 0 Å². The predicted molar refractivity (Wildman–Crippen MR) is 111 cm³/mol. The van der Waals surface area contributed by atoms with Crippen LogP contribution in [0, 0.1) is 10.8 Å². The first-order chi connectivity index (χ1) is 13.4. The van der Waals surface area contributed by atoms with Crippen LogP contribution in [0.15, 0.2) is 12.1 Å². The number of carboxylic acid groups (broad SMARTS) is 1. The molecular weight excluding hydrogens is 352 g/mol. The van der Waals surface area contributed by atoms with Gasteiger partial charge < -0.3 is 15.3 Å². The van der Waals surface area contributed by atoms with Crippen LogP contribution in [0.3, 0.4) is 0 Å². The average Bonchev–Trinajstić information content (AvgIpc) is 3.57. The third-order valence-electron chi connectivity index (χ3n) is 7.08. The molecule has 0 atom stereocenters. The lowest BCUT2D eigenvalue weighted by Gasteiger charge is -2.14. The Kier molecular flexibility index (Phi) is 6.57. The molecule has 3 N–H and O–H groups in total. The van der Waals surface area contributed by atoms with Crippen LogP contribution in [0.5, 0.6) is 11.5 Å². The van der Waals surface area contributed by atoms with Crippen molar-refractivity contribution in [3.63, 3.8) is 0 Å². The van der Waals surface area contributed by atoms with E-state index in [1.54, 1.807) is 6.07 Å². The highest BCUT2D eigenvalue weighted by molar-refractivity contribution is 5.77. The van der Waals surface area contributed by atoms with Crippen molar-refractivity contribution in [2.75, 3.05) is 0 Å². The highest BCUT2D eigenvalue weighted by Gasteiger charge is 2.49. The van der Waals surface area contributed by atoms with Gasteiger partial charge in [0.15, 0.2) is 11.5 Å². The molecule has 0 saturated heterocycles. The van der Waals surface area contributed by atoms with Crippen LogP contribution in [-0.4, -0.2) is 21.3 Å². The maximum Gasteiger partial charge on any atom is 0.309 e. The summed E-state index contributed by atoms with van der Waals surface area (Å²) in [6.07, 6.45) is 14.6. The van der Waals surface area contributed by atoms with Gasteiger partial charge in [-0.15, -0.1) is 0 Å². The lowest BCUT2D eigenvalue weighted by atomic mass is 9.93. The van der Waals surface area contributed by atoms with E-state index in [1.165, 1.54) is 32.1 Å². The molecule has 0 heterocycles. The summed E-state index contributed by atoms with van der Waals surface area (Å²) in [6, 6.07) is 3.55. The van der Waals surface area contributed by atoms with Crippen LogP contribution in [0.1, 0.15) is 95.1 Å². The van der Waals surface area contributed by atoms with E-state index >= 15 is 0 Å². The van der Waals surface area contributed by atoms with Gasteiger partial charge in [0, 0.05) is 5.56 Å². The van der Waals surface area contributed by atoms with Crippen LogP contribution in [0.4, 0.5) is 0 Å². The van der Waals surface area contributed by atoms with Gasteiger partial charge in [-0.1, -0.05) is 38.7 Å². The van der Waals surface area contributed by atoms with E-state index in [1.807, 2.05) is 6.07 Å². The molecule has 28 heavy (non-hydrogen) atoms. The van der Waals surface area contributed by atoms with Crippen molar-refractivity contribution in [3.8, 4) is 11.5 Å². The first kappa shape index (κ1) is 21.0. The summed E-state index contributed by atoms with van der Waals surface area (Å²) >= 11 is 0. The number of phenols is 2. The summed E-state index contributed by atoms with van der Waals surface area (Å²) in [5.74, 6) is -0.647. The van der Waals surface area contributed by atoms with Crippen LogP contribution in [-0.2, 0) is 17.6 Å². The van der Waals surface area contributed by atoms with E-state index in [4.69, 9.17) is 0 Å². The Morgan fingerprint density at radius 2 is 1.54 bits per heavy atom. The molecule has 2 aliphatic rings. The first-order valence-corrected chi connectivity index (χ1v) is 11.1. The van der Waals surface area contributed by atoms with Crippen LogP contribution < -0.4 is 0 Å². The number of hydrogen-bond donors (Lipinski definition) is 3. The number of phenolic OH excluding ortho intramolecular Hbond substituents is 2. The third kappa shape index (κ3) is 5.42. The molecule has 0 spiro atoms. The third-order valence-corrected chi connectivity index (χ3v) is 7.08. The van der Waals surface area contributed by atoms with Gasteiger partial charge in [0.25, 0.3) is 0 Å². The first-order valence-electron chi connectivity index (χ1n) is 11.1. The summed E-state index contributed by atoms with van der Waals surface area (Å²) in [6.45, 7) is 2.38. The van der Waals surface area contributed by atoms with Gasteiger partial charge in [-0.3, -0.25) is 4.79 Å². The van der Waals surface area contributed by atoms with E-state index in [-0.39, 0.29) is 11.5 Å². The fourth-order valence-corrected chi connectivity index (χ4v) is 4.35. The molecule has 2 saturated carbocycles. The zero-order valence-corrected chi connectivity index (χ0v) is 17.3. The maximum absolute atomic E-state index is 11.2. The highest BCUT2D eigenvalue weighted by Crippen LogP contribution is 2.50. The number of unbranched alkanes of at least 4 members (excludes halogenated alkanes) is 4. The molecule has 2 aliphatic carbocycles. The molecule has 4 nitrogen and oxygen atoms in total. The number of carbonyl (C=O) groups is 1. The second-order valence-corrected chi connectivity index (χ2v) is 9.59. The van der Waals surface area contributed by atoms with Crippen molar-refractivity contribution in [1.29, 1.82) is 0 Å². The van der Waals surface area contributed by atoms with Crippen LogP contribution >= 0.6 is 0 Å². The Bertz CT molecular complexity index is 686. The van der Waals surface area contributed by atoms with Gasteiger partial charge in [0.1, 0.15) is 0 Å². The van der Waals surface area contributed by atoms with Gasteiger partial charge in [-0.05, 0) is 81.3 Å². The normalized spacial score (nSPS) is 18.8. The second kappa shape index (κ2) is 8.75. The molecule has 0 unspecified atom stereocenters. The van der Waals surface area contributed by atoms with Crippen molar-refractivity contribution in [3.05, 3.63) is 23.3 Å². The molecule has 4 heteroatoms. The average molecular weight is 389 g/mol. The minimum Gasteiger partial charge on any atom is -0.504 e. The molecule has 0 amide bonds. The molecule has 2 fully saturated rings. The molecule has 0 aliphatic heterocycles. The minimum absolute atomic E-state index is 0.0344. The van der Waals surface area contributed by atoms with Gasteiger partial charge in [-0.2, -0.15) is 0 Å². The van der Waals surface area contributed by atoms with E-state index in [0.717, 1.165) is 68.9 Å². The molecule has 0 aromatic heterocycles. The fourth-order valence-electron chi connectivity index (χ4n) is 4.35. The quantitative estimate of drug-likeness (QED) is 0.287. The van der Waals surface area contributed by atoms with Crippen molar-refractivity contribution < 1.29 is 20.1 Å². The minimum atomic E-state index is -0.643. The Morgan fingerprint density at radius 3 is 2.14 bits per heavy atom. The number of hydrogen-bond acceptors (Lipinski definition) is 3. The summed E-state index contributed by atoms with van der Waals surface area (Å²) in [5, 5.41) is 29.5. The number of aliphatic carboxylic acids is 1. The van der Waals surface area contributed by atoms with Crippen molar-refractivity contribution in [1.82, 2.24) is 0 Å². The molecule has 1 aromatic carbocycles. The molecule has 0 bridgehead atoms. The number of aromatic hydroxyl groups is 2. The second-order valence-electron chi connectivity index (χ2n) is 9.59. The molecule has 1 aromatic rings. The Labute approximate surface area is 169 Å². The molecule has 0 radical (unpaired) electrons.